The van der Waals surface area contributed by atoms with Gasteiger partial charge in [0.05, 0.1) is 13.2 Å². The summed E-state index contributed by atoms with van der Waals surface area (Å²) in [6, 6.07) is 5.84. The van der Waals surface area contributed by atoms with Gasteiger partial charge in [-0.3, -0.25) is 4.68 Å². The molecule has 0 fully saturated rings. The molecule has 1 aliphatic rings. The third-order valence-corrected chi connectivity index (χ3v) is 2.94. The highest BCUT2D eigenvalue weighted by Crippen LogP contribution is 2.33. The number of hydrogen-bond donors (Lipinski definition) is 0. The summed E-state index contributed by atoms with van der Waals surface area (Å²) in [5.74, 6) is 0.986. The van der Waals surface area contributed by atoms with Crippen molar-refractivity contribution in [3.05, 3.63) is 46.7 Å². The highest BCUT2D eigenvalue weighted by Gasteiger charge is 2.17. The molecule has 0 saturated carbocycles. The lowest BCUT2D eigenvalue weighted by Crippen LogP contribution is -2.02. The minimum absolute atomic E-state index is 0.704. The largest absolute Gasteiger partial charge is 0.493 e. The Kier molecular flexibility index (Phi) is 2.33. The lowest BCUT2D eigenvalue weighted by atomic mass is 10.1. The first-order chi connectivity index (χ1) is 7.83. The van der Waals surface area contributed by atoms with Gasteiger partial charge in [0.1, 0.15) is 5.75 Å². The molecule has 1 aliphatic heterocycles. The summed E-state index contributed by atoms with van der Waals surface area (Å²) >= 11 is 6.08. The van der Waals surface area contributed by atoms with Crippen LogP contribution in [-0.2, 0) is 13.0 Å². The minimum Gasteiger partial charge on any atom is -0.493 e. The highest BCUT2D eigenvalue weighted by atomic mass is 35.5. The average molecular weight is 235 g/mol. The molecular weight excluding hydrogens is 224 g/mol. The number of rotatable bonds is 2. The first kappa shape index (κ1) is 9.73. The third-order valence-electron chi connectivity index (χ3n) is 2.72. The van der Waals surface area contributed by atoms with Crippen LogP contribution in [0.2, 0.25) is 5.02 Å². The SMILES string of the molecule is Clc1cc2c(c(Cn3cccn3)c1)OCC2. The molecule has 0 saturated heterocycles. The Balaban J connectivity index is 2.00. The first-order valence-corrected chi connectivity index (χ1v) is 5.62. The summed E-state index contributed by atoms with van der Waals surface area (Å²) in [5.41, 5.74) is 2.30. The van der Waals surface area contributed by atoms with E-state index in [0.717, 1.165) is 29.4 Å². The van der Waals surface area contributed by atoms with E-state index in [0.29, 0.717) is 6.54 Å². The van der Waals surface area contributed by atoms with Crippen LogP contribution in [0, 0.1) is 0 Å². The van der Waals surface area contributed by atoms with E-state index in [1.165, 1.54) is 5.56 Å². The van der Waals surface area contributed by atoms with Gasteiger partial charge in [-0.05, 0) is 23.8 Å². The van der Waals surface area contributed by atoms with Gasteiger partial charge in [0.25, 0.3) is 0 Å². The molecule has 2 aromatic rings. The molecule has 0 aliphatic carbocycles. The van der Waals surface area contributed by atoms with E-state index in [-0.39, 0.29) is 0 Å². The van der Waals surface area contributed by atoms with Gasteiger partial charge < -0.3 is 4.74 Å². The van der Waals surface area contributed by atoms with Gasteiger partial charge in [-0.1, -0.05) is 11.6 Å². The van der Waals surface area contributed by atoms with Crippen molar-refractivity contribution < 1.29 is 4.74 Å². The number of benzene rings is 1. The fourth-order valence-corrected chi connectivity index (χ4v) is 2.30. The number of hydrogen-bond acceptors (Lipinski definition) is 2. The monoisotopic (exact) mass is 234 g/mol. The van der Waals surface area contributed by atoms with Crippen molar-refractivity contribution in [2.75, 3.05) is 6.61 Å². The van der Waals surface area contributed by atoms with Crippen LogP contribution in [0.1, 0.15) is 11.1 Å². The maximum atomic E-state index is 6.08. The number of halogens is 1. The van der Waals surface area contributed by atoms with Crippen LogP contribution in [0.15, 0.2) is 30.6 Å². The van der Waals surface area contributed by atoms with Gasteiger partial charge in [-0.15, -0.1) is 0 Å². The Morgan fingerprint density at radius 2 is 2.38 bits per heavy atom. The van der Waals surface area contributed by atoms with Gasteiger partial charge in [0, 0.05) is 29.4 Å². The Morgan fingerprint density at radius 3 is 3.19 bits per heavy atom. The van der Waals surface area contributed by atoms with E-state index >= 15 is 0 Å². The summed E-state index contributed by atoms with van der Waals surface area (Å²) < 4.78 is 7.50. The Morgan fingerprint density at radius 1 is 1.44 bits per heavy atom. The second kappa shape index (κ2) is 3.83. The molecule has 3 nitrogen and oxygen atoms in total. The van der Waals surface area contributed by atoms with Gasteiger partial charge in [-0.2, -0.15) is 5.10 Å². The van der Waals surface area contributed by atoms with Crippen LogP contribution in [-0.4, -0.2) is 16.4 Å². The summed E-state index contributed by atoms with van der Waals surface area (Å²) in [5, 5.41) is 4.95. The first-order valence-electron chi connectivity index (χ1n) is 5.24. The van der Waals surface area contributed by atoms with Crippen LogP contribution >= 0.6 is 11.6 Å². The van der Waals surface area contributed by atoms with Crippen molar-refractivity contribution in [1.82, 2.24) is 9.78 Å². The van der Waals surface area contributed by atoms with Crippen molar-refractivity contribution in [1.29, 1.82) is 0 Å². The zero-order valence-corrected chi connectivity index (χ0v) is 9.44. The zero-order chi connectivity index (χ0) is 11.0. The van der Waals surface area contributed by atoms with Crippen LogP contribution in [0.5, 0.6) is 5.75 Å². The molecular formula is C12H11ClN2O. The molecule has 0 radical (unpaired) electrons. The van der Waals surface area contributed by atoms with E-state index in [1.54, 1.807) is 6.20 Å². The fraction of sp³-hybridized carbons (Fsp3) is 0.250. The molecule has 3 rings (SSSR count). The number of aromatic nitrogens is 2. The molecule has 0 amide bonds. The van der Waals surface area contributed by atoms with Crippen LogP contribution in [0.3, 0.4) is 0 Å². The Bertz CT molecular complexity index is 508. The van der Waals surface area contributed by atoms with Gasteiger partial charge in [-0.25, -0.2) is 0 Å². The van der Waals surface area contributed by atoms with Gasteiger partial charge in [0.15, 0.2) is 0 Å². The predicted molar refractivity (Wildman–Crippen MR) is 62.0 cm³/mol. The minimum atomic E-state index is 0.704. The summed E-state index contributed by atoms with van der Waals surface area (Å²) in [6.07, 6.45) is 4.65. The maximum Gasteiger partial charge on any atom is 0.127 e. The van der Waals surface area contributed by atoms with Crippen molar-refractivity contribution in [3.63, 3.8) is 0 Å². The molecule has 0 spiro atoms. The molecule has 1 aromatic heterocycles. The molecule has 0 N–H and O–H groups in total. The number of ether oxygens (including phenoxy) is 1. The molecule has 1 aromatic carbocycles. The standard InChI is InChI=1S/C12H11ClN2O/c13-11-6-9-2-5-16-12(9)10(7-11)8-15-4-1-3-14-15/h1,3-4,6-7H,2,5,8H2. The second-order valence-electron chi connectivity index (χ2n) is 3.86. The zero-order valence-electron chi connectivity index (χ0n) is 8.69. The average Bonchev–Trinajstić information content (AvgIpc) is 2.87. The predicted octanol–water partition coefficient (Wildman–Crippen LogP) is 2.52. The molecule has 0 unspecified atom stereocenters. The number of nitrogens with zero attached hydrogens (tertiary/aromatic N) is 2. The van der Waals surface area contributed by atoms with E-state index in [1.807, 2.05) is 29.1 Å². The molecule has 0 atom stereocenters. The van der Waals surface area contributed by atoms with Gasteiger partial charge >= 0.3 is 0 Å². The molecule has 2 heterocycles. The lowest BCUT2D eigenvalue weighted by molar-refractivity contribution is 0.352. The van der Waals surface area contributed by atoms with E-state index in [4.69, 9.17) is 16.3 Å². The highest BCUT2D eigenvalue weighted by molar-refractivity contribution is 6.30. The van der Waals surface area contributed by atoms with Crippen LogP contribution in [0.4, 0.5) is 0 Å². The van der Waals surface area contributed by atoms with Crippen molar-refractivity contribution in [2.45, 2.75) is 13.0 Å². The Labute approximate surface area is 98.6 Å². The molecule has 82 valence electrons. The lowest BCUT2D eigenvalue weighted by Gasteiger charge is -2.08. The summed E-state index contributed by atoms with van der Waals surface area (Å²) in [7, 11) is 0. The topological polar surface area (TPSA) is 27.1 Å². The maximum absolute atomic E-state index is 6.08. The van der Waals surface area contributed by atoms with E-state index in [2.05, 4.69) is 5.10 Å². The molecule has 0 bridgehead atoms. The Hall–Kier alpha value is -1.48. The van der Waals surface area contributed by atoms with Crippen LogP contribution in [0.25, 0.3) is 0 Å². The van der Waals surface area contributed by atoms with Crippen molar-refractivity contribution in [3.8, 4) is 5.75 Å². The smallest absolute Gasteiger partial charge is 0.127 e. The second-order valence-corrected chi connectivity index (χ2v) is 4.29. The molecule has 16 heavy (non-hydrogen) atoms. The van der Waals surface area contributed by atoms with E-state index < -0.39 is 0 Å². The summed E-state index contributed by atoms with van der Waals surface area (Å²) in [4.78, 5) is 0. The quantitative estimate of drug-likeness (QED) is 0.799. The third kappa shape index (κ3) is 1.67. The van der Waals surface area contributed by atoms with E-state index in [9.17, 15) is 0 Å². The molecule has 4 heteroatoms. The van der Waals surface area contributed by atoms with Crippen molar-refractivity contribution >= 4 is 11.6 Å². The normalized spacial score (nSPS) is 13.6. The fourth-order valence-electron chi connectivity index (χ4n) is 2.03. The number of fused-ring (bicyclic) bond motifs is 1. The van der Waals surface area contributed by atoms with Crippen molar-refractivity contribution in [2.24, 2.45) is 0 Å². The van der Waals surface area contributed by atoms with Gasteiger partial charge in [0.2, 0.25) is 0 Å². The summed E-state index contributed by atoms with van der Waals surface area (Å²) in [6.45, 7) is 1.46. The van der Waals surface area contributed by atoms with Crippen LogP contribution < -0.4 is 4.74 Å².